The first-order valence-electron chi connectivity index (χ1n) is 6.02. The average molecular weight is 281 g/mol. The zero-order chi connectivity index (χ0) is 14.3. The van der Waals surface area contributed by atoms with E-state index in [9.17, 15) is 18.3 Å². The number of pyridine rings is 1. The van der Waals surface area contributed by atoms with Gasteiger partial charge in [-0.2, -0.15) is 13.2 Å². The summed E-state index contributed by atoms with van der Waals surface area (Å²) in [5.41, 5.74) is 1.08. The van der Waals surface area contributed by atoms with Gasteiger partial charge in [0.15, 0.2) is 0 Å². The standard InChI is InChI=1S/C13H10F3N3O/c14-13(15,16)10-4-1-7(5-17-10)8-2-3-9-11(8)18-6-19-12(9)20/h1,4-6,8H,2-3H2,(H,18,19,20). The summed E-state index contributed by atoms with van der Waals surface area (Å²) in [5.74, 6) is -0.203. The summed E-state index contributed by atoms with van der Waals surface area (Å²) in [6.45, 7) is 0. The predicted octanol–water partition coefficient (Wildman–Crippen LogP) is 2.67. The lowest BCUT2D eigenvalue weighted by atomic mass is 9.98. The fourth-order valence-corrected chi connectivity index (χ4v) is 2.49. The van der Waals surface area contributed by atoms with Gasteiger partial charge in [0.1, 0.15) is 12.0 Å². The van der Waals surface area contributed by atoms with E-state index in [4.69, 9.17) is 0 Å². The number of fused-ring (bicyclic) bond motifs is 1. The molecule has 0 bridgehead atoms. The van der Waals surface area contributed by atoms with Crippen LogP contribution in [-0.2, 0) is 12.6 Å². The van der Waals surface area contributed by atoms with Gasteiger partial charge in [-0.1, -0.05) is 6.07 Å². The number of hydrogen-bond donors (Lipinski definition) is 1. The number of hydrogen-bond acceptors (Lipinski definition) is 4. The van der Waals surface area contributed by atoms with E-state index in [0.717, 1.165) is 6.07 Å². The summed E-state index contributed by atoms with van der Waals surface area (Å²) in [6, 6.07) is 2.38. The molecule has 3 rings (SSSR count). The molecule has 0 saturated heterocycles. The Labute approximate surface area is 112 Å². The van der Waals surface area contributed by atoms with Crippen molar-refractivity contribution in [1.29, 1.82) is 0 Å². The van der Waals surface area contributed by atoms with Gasteiger partial charge in [-0.3, -0.25) is 4.98 Å². The van der Waals surface area contributed by atoms with E-state index in [1.165, 1.54) is 18.6 Å². The van der Waals surface area contributed by atoms with Crippen molar-refractivity contribution in [3.05, 3.63) is 47.2 Å². The highest BCUT2D eigenvalue weighted by atomic mass is 19.4. The minimum absolute atomic E-state index is 0.0580. The van der Waals surface area contributed by atoms with Crippen LogP contribution >= 0.6 is 0 Å². The quantitative estimate of drug-likeness (QED) is 0.873. The molecule has 4 nitrogen and oxygen atoms in total. The maximum atomic E-state index is 12.5. The Kier molecular flexibility index (Phi) is 2.84. The monoisotopic (exact) mass is 281 g/mol. The van der Waals surface area contributed by atoms with Crippen LogP contribution in [0.2, 0.25) is 0 Å². The Bertz CT molecular complexity index is 640. The first-order valence-corrected chi connectivity index (χ1v) is 6.02. The van der Waals surface area contributed by atoms with Crippen molar-refractivity contribution >= 4 is 0 Å². The molecule has 0 aliphatic heterocycles. The SMILES string of the molecule is Oc1ncnc2c1CCC2c1ccc(C(F)(F)F)nc1. The van der Waals surface area contributed by atoms with Gasteiger partial charge in [0.05, 0.1) is 5.69 Å². The van der Waals surface area contributed by atoms with Crippen LogP contribution in [0.4, 0.5) is 13.2 Å². The van der Waals surface area contributed by atoms with E-state index < -0.39 is 11.9 Å². The predicted molar refractivity (Wildman–Crippen MR) is 63.1 cm³/mol. The van der Waals surface area contributed by atoms with Gasteiger partial charge in [-0.15, -0.1) is 0 Å². The molecule has 0 radical (unpaired) electrons. The third-order valence-corrected chi connectivity index (χ3v) is 3.45. The number of rotatable bonds is 1. The summed E-state index contributed by atoms with van der Waals surface area (Å²) in [5, 5.41) is 9.63. The molecule has 0 amide bonds. The molecule has 1 unspecified atom stereocenters. The summed E-state index contributed by atoms with van der Waals surface area (Å²) >= 11 is 0. The largest absolute Gasteiger partial charge is 0.493 e. The molecule has 1 aliphatic carbocycles. The summed E-state index contributed by atoms with van der Waals surface area (Å²) < 4.78 is 37.4. The molecule has 1 atom stereocenters. The molecule has 0 aromatic carbocycles. The Morgan fingerprint density at radius 2 is 1.95 bits per heavy atom. The first-order chi connectivity index (χ1) is 9.47. The Balaban J connectivity index is 1.95. The first kappa shape index (κ1) is 12.8. The van der Waals surface area contributed by atoms with Gasteiger partial charge >= 0.3 is 6.18 Å². The van der Waals surface area contributed by atoms with Crippen LogP contribution in [0.5, 0.6) is 5.88 Å². The van der Waals surface area contributed by atoms with Crippen molar-refractivity contribution in [3.8, 4) is 5.88 Å². The third-order valence-electron chi connectivity index (χ3n) is 3.45. The molecule has 1 aliphatic rings. The summed E-state index contributed by atoms with van der Waals surface area (Å²) in [6.07, 6.45) is -0.680. The fourth-order valence-electron chi connectivity index (χ4n) is 2.49. The Hall–Kier alpha value is -2.18. The fraction of sp³-hybridized carbons (Fsp3) is 0.308. The second kappa shape index (κ2) is 4.43. The molecule has 0 spiro atoms. The number of alkyl halides is 3. The van der Waals surface area contributed by atoms with E-state index in [1.807, 2.05) is 0 Å². The highest BCUT2D eigenvalue weighted by Gasteiger charge is 2.33. The third kappa shape index (κ3) is 2.09. The lowest BCUT2D eigenvalue weighted by molar-refractivity contribution is -0.141. The number of nitrogens with zero attached hydrogens (tertiary/aromatic N) is 3. The van der Waals surface area contributed by atoms with Crippen LogP contribution in [0, 0.1) is 0 Å². The van der Waals surface area contributed by atoms with Gasteiger partial charge < -0.3 is 5.11 Å². The number of aromatic hydroxyl groups is 1. The molecule has 1 N–H and O–H groups in total. The smallest absolute Gasteiger partial charge is 0.433 e. The van der Waals surface area contributed by atoms with Crippen molar-refractivity contribution in [3.63, 3.8) is 0 Å². The lowest BCUT2D eigenvalue weighted by Gasteiger charge is -2.12. The topological polar surface area (TPSA) is 58.9 Å². The molecular formula is C13H10F3N3O. The van der Waals surface area contributed by atoms with Gasteiger partial charge in [0.2, 0.25) is 5.88 Å². The molecule has 20 heavy (non-hydrogen) atoms. The minimum atomic E-state index is -4.44. The maximum absolute atomic E-state index is 12.5. The minimum Gasteiger partial charge on any atom is -0.493 e. The molecular weight excluding hydrogens is 271 g/mol. The molecule has 0 fully saturated rings. The summed E-state index contributed by atoms with van der Waals surface area (Å²) in [7, 11) is 0. The molecule has 2 heterocycles. The van der Waals surface area contributed by atoms with E-state index in [-0.39, 0.29) is 11.8 Å². The number of aromatic nitrogens is 3. The van der Waals surface area contributed by atoms with E-state index >= 15 is 0 Å². The second-order valence-electron chi connectivity index (χ2n) is 4.63. The zero-order valence-electron chi connectivity index (χ0n) is 10.2. The normalized spacial score (nSPS) is 18.1. The second-order valence-corrected chi connectivity index (χ2v) is 4.63. The average Bonchev–Trinajstić information content (AvgIpc) is 2.83. The molecule has 2 aromatic rings. The molecule has 0 saturated carbocycles. The Morgan fingerprint density at radius 3 is 2.60 bits per heavy atom. The number of halogens is 3. The lowest BCUT2D eigenvalue weighted by Crippen LogP contribution is -2.08. The zero-order valence-corrected chi connectivity index (χ0v) is 10.2. The van der Waals surface area contributed by atoms with Crippen LogP contribution in [0.3, 0.4) is 0 Å². The highest BCUT2D eigenvalue weighted by molar-refractivity contribution is 5.41. The van der Waals surface area contributed by atoms with Crippen molar-refractivity contribution in [2.45, 2.75) is 24.9 Å². The van der Waals surface area contributed by atoms with Crippen molar-refractivity contribution in [2.24, 2.45) is 0 Å². The van der Waals surface area contributed by atoms with Crippen molar-refractivity contribution < 1.29 is 18.3 Å². The van der Waals surface area contributed by atoms with E-state index in [0.29, 0.717) is 29.7 Å². The summed E-state index contributed by atoms with van der Waals surface area (Å²) in [4.78, 5) is 11.3. The Morgan fingerprint density at radius 1 is 1.15 bits per heavy atom. The van der Waals surface area contributed by atoms with Gasteiger partial charge in [0.25, 0.3) is 0 Å². The van der Waals surface area contributed by atoms with E-state index in [1.54, 1.807) is 0 Å². The maximum Gasteiger partial charge on any atom is 0.433 e. The van der Waals surface area contributed by atoms with Crippen LogP contribution in [-0.4, -0.2) is 20.1 Å². The van der Waals surface area contributed by atoms with Crippen LogP contribution < -0.4 is 0 Å². The molecule has 104 valence electrons. The van der Waals surface area contributed by atoms with Crippen LogP contribution in [0.1, 0.15) is 34.9 Å². The van der Waals surface area contributed by atoms with Gasteiger partial charge in [0, 0.05) is 17.7 Å². The molecule has 2 aromatic heterocycles. The van der Waals surface area contributed by atoms with Gasteiger partial charge in [-0.25, -0.2) is 9.97 Å². The van der Waals surface area contributed by atoms with Gasteiger partial charge in [-0.05, 0) is 24.5 Å². The van der Waals surface area contributed by atoms with E-state index in [2.05, 4.69) is 15.0 Å². The highest BCUT2D eigenvalue weighted by Crippen LogP contribution is 2.39. The van der Waals surface area contributed by atoms with Crippen molar-refractivity contribution in [1.82, 2.24) is 15.0 Å². The van der Waals surface area contributed by atoms with Crippen molar-refractivity contribution in [2.75, 3.05) is 0 Å². The molecule has 7 heteroatoms. The van der Waals surface area contributed by atoms with Crippen LogP contribution in [0.15, 0.2) is 24.7 Å². The van der Waals surface area contributed by atoms with Crippen LogP contribution in [0.25, 0.3) is 0 Å².